The summed E-state index contributed by atoms with van der Waals surface area (Å²) in [4.78, 5) is 13.2. The number of ketones is 1. The molecule has 15 heavy (non-hydrogen) atoms. The van der Waals surface area contributed by atoms with Crippen molar-refractivity contribution in [2.75, 3.05) is 0 Å². The molecule has 0 saturated heterocycles. The lowest BCUT2D eigenvalue weighted by atomic mass is 10.0. The predicted molar refractivity (Wildman–Crippen MR) is 65.3 cm³/mol. The summed E-state index contributed by atoms with van der Waals surface area (Å²) in [6.07, 6.45) is 5.22. The van der Waals surface area contributed by atoms with E-state index in [0.29, 0.717) is 11.7 Å². The second-order valence-electron chi connectivity index (χ2n) is 4.60. The van der Waals surface area contributed by atoms with Gasteiger partial charge in [0.1, 0.15) is 0 Å². The van der Waals surface area contributed by atoms with Gasteiger partial charge in [-0.3, -0.25) is 4.79 Å². The zero-order chi connectivity index (χ0) is 10.4. The Morgan fingerprint density at radius 3 is 2.53 bits per heavy atom. The minimum atomic E-state index is 0.363. The lowest BCUT2D eigenvalue weighted by Gasteiger charge is -2.04. The highest BCUT2D eigenvalue weighted by molar-refractivity contribution is 9.10. The summed E-state index contributed by atoms with van der Waals surface area (Å²) in [5, 5.41) is 1.99. The minimum absolute atomic E-state index is 0.363. The van der Waals surface area contributed by atoms with E-state index in [1.807, 2.05) is 11.4 Å². The fourth-order valence-corrected chi connectivity index (χ4v) is 4.56. The number of Topliss-reactive ketones (excluding diaryl/α,β-unsaturated/α-hetero) is 1. The number of halogens is 1. The van der Waals surface area contributed by atoms with Crippen LogP contribution in [0.1, 0.15) is 35.4 Å². The van der Waals surface area contributed by atoms with E-state index in [1.165, 1.54) is 25.7 Å². The molecule has 3 heteroatoms. The fourth-order valence-electron chi connectivity index (χ4n) is 3.00. The summed E-state index contributed by atoms with van der Waals surface area (Å²) in [7, 11) is 0. The number of carbonyl (C=O) groups is 1. The molecule has 0 radical (unpaired) electrons. The van der Waals surface area contributed by atoms with E-state index >= 15 is 0 Å². The number of hydrogen-bond donors (Lipinski definition) is 0. The molecule has 0 N–H and O–H groups in total. The van der Waals surface area contributed by atoms with Crippen molar-refractivity contribution in [2.24, 2.45) is 17.8 Å². The smallest absolute Gasteiger partial charge is 0.177 e. The van der Waals surface area contributed by atoms with E-state index in [9.17, 15) is 4.79 Å². The van der Waals surface area contributed by atoms with Crippen molar-refractivity contribution < 1.29 is 4.79 Å². The zero-order valence-electron chi connectivity index (χ0n) is 8.41. The third kappa shape index (κ3) is 1.60. The maximum atomic E-state index is 12.2. The van der Waals surface area contributed by atoms with Crippen LogP contribution < -0.4 is 0 Å². The van der Waals surface area contributed by atoms with Gasteiger partial charge in [0.15, 0.2) is 5.78 Å². The third-order valence-electron chi connectivity index (χ3n) is 3.80. The van der Waals surface area contributed by atoms with Crippen LogP contribution >= 0.6 is 27.3 Å². The molecule has 2 aliphatic rings. The molecule has 1 nitrogen and oxygen atoms in total. The summed E-state index contributed by atoms with van der Waals surface area (Å²) in [6.45, 7) is 0. The molecule has 1 heterocycles. The molecular weight excluding hydrogens is 272 g/mol. The molecule has 0 aliphatic heterocycles. The normalized spacial score (nSPS) is 33.5. The summed E-state index contributed by atoms with van der Waals surface area (Å²) < 4.78 is 0.987. The Hall–Kier alpha value is -0.150. The number of carbonyl (C=O) groups excluding carboxylic acids is 1. The first kappa shape index (κ1) is 10.0. The van der Waals surface area contributed by atoms with Gasteiger partial charge in [-0.15, -0.1) is 11.3 Å². The number of hydrogen-bond acceptors (Lipinski definition) is 2. The quantitative estimate of drug-likeness (QED) is 0.747. The molecule has 2 aliphatic carbocycles. The van der Waals surface area contributed by atoms with Crippen molar-refractivity contribution >= 4 is 33.0 Å². The second-order valence-corrected chi connectivity index (χ2v) is 6.37. The number of fused-ring (bicyclic) bond motifs is 1. The van der Waals surface area contributed by atoms with Gasteiger partial charge in [0.05, 0.1) is 4.88 Å². The van der Waals surface area contributed by atoms with Crippen LogP contribution in [0, 0.1) is 17.8 Å². The maximum Gasteiger partial charge on any atom is 0.177 e. The van der Waals surface area contributed by atoms with E-state index in [0.717, 1.165) is 21.2 Å². The Kier molecular flexibility index (Phi) is 2.48. The van der Waals surface area contributed by atoms with Crippen molar-refractivity contribution in [2.45, 2.75) is 25.7 Å². The molecule has 2 fully saturated rings. The highest BCUT2D eigenvalue weighted by Gasteiger charge is 2.54. The third-order valence-corrected chi connectivity index (χ3v) is 5.65. The van der Waals surface area contributed by atoms with Crippen molar-refractivity contribution in [1.29, 1.82) is 0 Å². The van der Waals surface area contributed by atoms with Crippen molar-refractivity contribution in [3.8, 4) is 0 Å². The molecule has 2 atom stereocenters. The van der Waals surface area contributed by atoms with Crippen LogP contribution in [-0.2, 0) is 0 Å². The Bertz CT molecular complexity index is 386. The van der Waals surface area contributed by atoms with Gasteiger partial charge in [0.25, 0.3) is 0 Å². The van der Waals surface area contributed by atoms with Gasteiger partial charge in [0.2, 0.25) is 0 Å². The van der Waals surface area contributed by atoms with Gasteiger partial charge < -0.3 is 0 Å². The van der Waals surface area contributed by atoms with Crippen LogP contribution in [0.3, 0.4) is 0 Å². The monoisotopic (exact) mass is 284 g/mol. The van der Waals surface area contributed by atoms with Gasteiger partial charge >= 0.3 is 0 Å². The zero-order valence-corrected chi connectivity index (χ0v) is 10.8. The van der Waals surface area contributed by atoms with E-state index in [-0.39, 0.29) is 0 Å². The van der Waals surface area contributed by atoms with Crippen LogP contribution in [0.25, 0.3) is 0 Å². The van der Waals surface area contributed by atoms with Gasteiger partial charge in [0, 0.05) is 10.4 Å². The van der Waals surface area contributed by atoms with E-state index < -0.39 is 0 Å². The molecule has 0 amide bonds. The molecule has 1 aromatic heterocycles. The van der Waals surface area contributed by atoms with E-state index in [4.69, 9.17) is 0 Å². The van der Waals surface area contributed by atoms with Crippen LogP contribution in [0.4, 0.5) is 0 Å². The maximum absolute atomic E-state index is 12.2. The molecule has 80 valence electrons. The number of thiophene rings is 1. The summed E-state index contributed by atoms with van der Waals surface area (Å²) in [5.74, 6) is 2.21. The molecule has 2 unspecified atom stereocenters. The fraction of sp³-hybridized carbons (Fsp3) is 0.583. The lowest BCUT2D eigenvalue weighted by molar-refractivity contribution is 0.0959. The standard InChI is InChI=1S/C12H13BrOS/c13-9-5-6-15-12(9)11(14)10-7-3-1-2-4-8(7)10/h5-8,10H,1-4H2. The predicted octanol–water partition coefficient (Wildman–Crippen LogP) is 4.13. The van der Waals surface area contributed by atoms with Crippen molar-refractivity contribution in [1.82, 2.24) is 0 Å². The van der Waals surface area contributed by atoms with Crippen LogP contribution in [0.5, 0.6) is 0 Å². The lowest BCUT2D eigenvalue weighted by Crippen LogP contribution is -2.02. The Morgan fingerprint density at radius 2 is 2.00 bits per heavy atom. The molecule has 0 spiro atoms. The Labute approximate surface area is 102 Å². The molecule has 3 rings (SSSR count). The van der Waals surface area contributed by atoms with Gasteiger partial charge in [-0.1, -0.05) is 12.8 Å². The second kappa shape index (κ2) is 3.70. The average Bonchev–Trinajstić information content (AvgIpc) is 2.83. The number of rotatable bonds is 2. The summed E-state index contributed by atoms with van der Waals surface area (Å²) in [6, 6.07) is 1.98. The summed E-state index contributed by atoms with van der Waals surface area (Å²) >= 11 is 5.03. The average molecular weight is 285 g/mol. The van der Waals surface area contributed by atoms with Gasteiger partial charge in [-0.05, 0) is 52.1 Å². The SMILES string of the molecule is O=C(c1sccc1Br)C1C2CCCCC21. The Balaban J connectivity index is 1.79. The largest absolute Gasteiger partial charge is 0.293 e. The van der Waals surface area contributed by atoms with Crippen LogP contribution in [0.2, 0.25) is 0 Å². The highest BCUT2D eigenvalue weighted by atomic mass is 79.9. The molecular formula is C12H13BrOS. The summed E-state index contributed by atoms with van der Waals surface area (Å²) in [5.41, 5.74) is 0. The van der Waals surface area contributed by atoms with Gasteiger partial charge in [-0.25, -0.2) is 0 Å². The minimum Gasteiger partial charge on any atom is -0.293 e. The molecule has 0 bridgehead atoms. The van der Waals surface area contributed by atoms with Crippen LogP contribution in [0.15, 0.2) is 15.9 Å². The van der Waals surface area contributed by atoms with E-state index in [1.54, 1.807) is 11.3 Å². The van der Waals surface area contributed by atoms with Crippen molar-refractivity contribution in [3.05, 3.63) is 20.8 Å². The first-order valence-corrected chi connectivity index (χ1v) is 7.23. The molecule has 2 saturated carbocycles. The topological polar surface area (TPSA) is 17.1 Å². The van der Waals surface area contributed by atoms with Crippen LogP contribution in [-0.4, -0.2) is 5.78 Å². The first-order valence-electron chi connectivity index (χ1n) is 5.56. The first-order chi connectivity index (χ1) is 7.29. The Morgan fingerprint density at radius 1 is 1.33 bits per heavy atom. The molecule has 1 aromatic rings. The molecule has 0 aromatic carbocycles. The van der Waals surface area contributed by atoms with E-state index in [2.05, 4.69) is 15.9 Å². The van der Waals surface area contributed by atoms with Gasteiger partial charge in [-0.2, -0.15) is 0 Å². The van der Waals surface area contributed by atoms with Crippen molar-refractivity contribution in [3.63, 3.8) is 0 Å². The highest BCUT2D eigenvalue weighted by Crippen LogP contribution is 2.57.